The van der Waals surface area contributed by atoms with Gasteiger partial charge in [-0.05, 0) is 62.4 Å². The summed E-state index contributed by atoms with van der Waals surface area (Å²) in [5.74, 6) is 5.45. The maximum Gasteiger partial charge on any atom is 0.155 e. The SMILES string of the molecule is C#CC[C@]12CCC(=O)C=C1CCC1[C@H]3CCC(=O)[C@@]3(C)CC[C@@H]12. The van der Waals surface area contributed by atoms with Crippen LogP contribution in [0.15, 0.2) is 11.6 Å². The molecule has 4 rings (SSSR count). The Labute approximate surface area is 139 Å². The van der Waals surface area contributed by atoms with Crippen molar-refractivity contribution in [3.05, 3.63) is 11.6 Å². The van der Waals surface area contributed by atoms with E-state index in [4.69, 9.17) is 6.42 Å². The van der Waals surface area contributed by atoms with Crippen LogP contribution < -0.4 is 0 Å². The largest absolute Gasteiger partial charge is 0.299 e. The van der Waals surface area contributed by atoms with Gasteiger partial charge in [-0.1, -0.05) is 12.5 Å². The summed E-state index contributed by atoms with van der Waals surface area (Å²) in [6, 6.07) is 0. The van der Waals surface area contributed by atoms with Gasteiger partial charge in [0.25, 0.3) is 0 Å². The summed E-state index contributed by atoms with van der Waals surface area (Å²) in [5, 5.41) is 0. The van der Waals surface area contributed by atoms with Gasteiger partial charge in [0.15, 0.2) is 5.78 Å². The summed E-state index contributed by atoms with van der Waals surface area (Å²) in [7, 11) is 0. The average Bonchev–Trinajstić information content (AvgIpc) is 2.84. The van der Waals surface area contributed by atoms with Gasteiger partial charge in [-0.3, -0.25) is 9.59 Å². The molecule has 5 atom stereocenters. The van der Waals surface area contributed by atoms with Crippen LogP contribution in [0.25, 0.3) is 0 Å². The van der Waals surface area contributed by atoms with Gasteiger partial charge in [-0.25, -0.2) is 0 Å². The first-order valence-electron chi connectivity index (χ1n) is 9.22. The molecule has 0 bridgehead atoms. The van der Waals surface area contributed by atoms with E-state index in [1.165, 1.54) is 5.57 Å². The van der Waals surface area contributed by atoms with Crippen LogP contribution in [0, 0.1) is 40.9 Å². The highest BCUT2D eigenvalue weighted by molar-refractivity contribution is 5.91. The minimum absolute atomic E-state index is 0.0541. The van der Waals surface area contributed by atoms with Crippen molar-refractivity contribution in [2.24, 2.45) is 28.6 Å². The third-order valence-corrected chi connectivity index (χ3v) is 7.81. The van der Waals surface area contributed by atoms with E-state index >= 15 is 0 Å². The molecule has 0 aromatic rings. The molecule has 0 aromatic carbocycles. The van der Waals surface area contributed by atoms with Crippen molar-refractivity contribution in [2.75, 3.05) is 0 Å². The minimum atomic E-state index is -0.0792. The first-order valence-corrected chi connectivity index (χ1v) is 9.22. The number of hydrogen-bond donors (Lipinski definition) is 0. The van der Waals surface area contributed by atoms with Gasteiger partial charge in [0.2, 0.25) is 0 Å². The third kappa shape index (κ3) is 1.95. The molecule has 4 aliphatic rings. The Morgan fingerprint density at radius 1 is 1.13 bits per heavy atom. The van der Waals surface area contributed by atoms with Crippen molar-refractivity contribution in [1.82, 2.24) is 0 Å². The predicted octanol–water partition coefficient (Wildman–Crippen LogP) is 4.09. The lowest BCUT2D eigenvalue weighted by Gasteiger charge is -2.57. The Morgan fingerprint density at radius 2 is 1.96 bits per heavy atom. The number of ketones is 2. The molecule has 3 fully saturated rings. The second-order valence-electron chi connectivity index (χ2n) is 8.51. The number of rotatable bonds is 1. The summed E-state index contributed by atoms with van der Waals surface area (Å²) >= 11 is 0. The predicted molar refractivity (Wildman–Crippen MR) is 89.5 cm³/mol. The molecule has 122 valence electrons. The van der Waals surface area contributed by atoms with E-state index in [9.17, 15) is 9.59 Å². The number of fused-ring (bicyclic) bond motifs is 5. The van der Waals surface area contributed by atoms with E-state index in [2.05, 4.69) is 12.8 Å². The van der Waals surface area contributed by atoms with Crippen LogP contribution in [0.4, 0.5) is 0 Å². The fraction of sp³-hybridized carbons (Fsp3) is 0.714. The van der Waals surface area contributed by atoms with E-state index in [1.807, 2.05) is 6.08 Å². The molecule has 0 radical (unpaired) electrons. The molecule has 0 saturated heterocycles. The molecule has 0 amide bonds. The first kappa shape index (κ1) is 15.2. The molecule has 23 heavy (non-hydrogen) atoms. The molecule has 0 aromatic heterocycles. The molecular formula is C21H26O2. The third-order valence-electron chi connectivity index (χ3n) is 7.81. The zero-order valence-electron chi connectivity index (χ0n) is 14.1. The van der Waals surface area contributed by atoms with Gasteiger partial charge in [-0.15, -0.1) is 12.3 Å². The summed E-state index contributed by atoms with van der Waals surface area (Å²) in [6.45, 7) is 2.22. The zero-order valence-corrected chi connectivity index (χ0v) is 14.1. The van der Waals surface area contributed by atoms with Crippen LogP contribution in [0.2, 0.25) is 0 Å². The Kier molecular flexibility index (Phi) is 3.34. The van der Waals surface area contributed by atoms with Crippen molar-refractivity contribution in [1.29, 1.82) is 0 Å². The Morgan fingerprint density at radius 3 is 2.74 bits per heavy atom. The molecule has 3 saturated carbocycles. The van der Waals surface area contributed by atoms with Crippen LogP contribution in [0.1, 0.15) is 64.7 Å². The van der Waals surface area contributed by atoms with Gasteiger partial charge in [0, 0.05) is 30.1 Å². The Bertz CT molecular complexity index is 637. The molecule has 2 heteroatoms. The van der Waals surface area contributed by atoms with Crippen molar-refractivity contribution in [2.45, 2.75) is 64.7 Å². The minimum Gasteiger partial charge on any atom is -0.299 e. The maximum atomic E-state index is 12.4. The topological polar surface area (TPSA) is 34.1 Å². The van der Waals surface area contributed by atoms with E-state index in [0.29, 0.717) is 30.0 Å². The second-order valence-corrected chi connectivity index (χ2v) is 8.51. The van der Waals surface area contributed by atoms with Gasteiger partial charge in [0.05, 0.1) is 0 Å². The molecule has 1 unspecified atom stereocenters. The molecule has 4 aliphatic carbocycles. The lowest BCUT2D eigenvalue weighted by atomic mass is 9.46. The Hall–Kier alpha value is -1.36. The van der Waals surface area contributed by atoms with Crippen LogP contribution in [-0.2, 0) is 9.59 Å². The smallest absolute Gasteiger partial charge is 0.155 e. The van der Waals surface area contributed by atoms with E-state index in [-0.39, 0.29) is 16.6 Å². The number of hydrogen-bond acceptors (Lipinski definition) is 2. The summed E-state index contributed by atoms with van der Waals surface area (Å²) in [5.41, 5.74) is 1.31. The maximum absolute atomic E-state index is 12.4. The standard InChI is InChI=1S/C21H26O2/c1-3-10-21-12-8-15(22)13-14(21)4-5-16-17-6-7-19(23)20(17,2)11-9-18(16)21/h1,13,16-18H,4-12H2,2H3/t16?,17-,18+,20+,21+/m1/s1. The van der Waals surface area contributed by atoms with E-state index in [0.717, 1.165) is 51.4 Å². The van der Waals surface area contributed by atoms with E-state index in [1.54, 1.807) is 0 Å². The van der Waals surface area contributed by atoms with Gasteiger partial charge >= 0.3 is 0 Å². The highest BCUT2D eigenvalue weighted by Crippen LogP contribution is 2.65. The van der Waals surface area contributed by atoms with E-state index < -0.39 is 0 Å². The average molecular weight is 310 g/mol. The van der Waals surface area contributed by atoms with Crippen LogP contribution in [0.5, 0.6) is 0 Å². The molecule has 0 N–H and O–H groups in total. The monoisotopic (exact) mass is 310 g/mol. The molecule has 0 spiro atoms. The van der Waals surface area contributed by atoms with Crippen molar-refractivity contribution >= 4 is 11.6 Å². The molecule has 0 heterocycles. The van der Waals surface area contributed by atoms with Crippen molar-refractivity contribution in [3.8, 4) is 12.3 Å². The van der Waals surface area contributed by atoms with Crippen LogP contribution in [-0.4, -0.2) is 11.6 Å². The second kappa shape index (κ2) is 5.07. The summed E-state index contributed by atoms with van der Waals surface area (Å²) in [6.07, 6.45) is 16.1. The van der Waals surface area contributed by atoms with Crippen molar-refractivity contribution < 1.29 is 9.59 Å². The van der Waals surface area contributed by atoms with Crippen molar-refractivity contribution in [3.63, 3.8) is 0 Å². The lowest BCUT2D eigenvalue weighted by Crippen LogP contribution is -2.51. The summed E-state index contributed by atoms with van der Waals surface area (Å²) in [4.78, 5) is 24.4. The molecular weight excluding hydrogens is 284 g/mol. The first-order chi connectivity index (χ1) is 11.0. The number of allylic oxidation sites excluding steroid dienone is 1. The van der Waals surface area contributed by atoms with Gasteiger partial charge in [0.1, 0.15) is 5.78 Å². The zero-order chi connectivity index (χ0) is 16.2. The highest BCUT2D eigenvalue weighted by atomic mass is 16.1. The summed E-state index contributed by atoms with van der Waals surface area (Å²) < 4.78 is 0. The fourth-order valence-electron chi connectivity index (χ4n) is 6.65. The molecule has 0 aliphatic heterocycles. The lowest BCUT2D eigenvalue weighted by molar-refractivity contribution is -0.132. The fourth-order valence-corrected chi connectivity index (χ4v) is 6.65. The highest BCUT2D eigenvalue weighted by Gasteiger charge is 2.59. The normalized spacial score (nSPS) is 45.6. The molecule has 2 nitrogen and oxygen atoms in total. The quantitative estimate of drug-likeness (QED) is 0.684. The van der Waals surface area contributed by atoms with Gasteiger partial charge < -0.3 is 0 Å². The number of terminal acetylenes is 1. The Balaban J connectivity index is 1.74. The van der Waals surface area contributed by atoms with Crippen LogP contribution in [0.3, 0.4) is 0 Å². The van der Waals surface area contributed by atoms with Gasteiger partial charge in [-0.2, -0.15) is 0 Å². The number of carbonyl (C=O) groups excluding carboxylic acids is 2. The van der Waals surface area contributed by atoms with Crippen LogP contribution >= 0.6 is 0 Å². The number of carbonyl (C=O) groups is 2. The number of Topliss-reactive ketones (excluding diaryl/α,β-unsaturated/α-hetero) is 1.